The third-order valence-electron chi connectivity index (χ3n) is 3.95. The van der Waals surface area contributed by atoms with Gasteiger partial charge in [-0.2, -0.15) is 0 Å². The predicted molar refractivity (Wildman–Crippen MR) is 96.8 cm³/mol. The molecule has 0 radical (unpaired) electrons. The first kappa shape index (κ1) is 15.4. The van der Waals surface area contributed by atoms with E-state index in [1.165, 1.54) is 0 Å². The number of aromatic nitrogens is 2. The number of hydrogen-bond donors (Lipinski definition) is 0. The average molecular weight is 306 g/mol. The summed E-state index contributed by atoms with van der Waals surface area (Å²) in [5, 5.41) is 10.1. The zero-order chi connectivity index (χ0) is 16.2. The first-order valence-corrected chi connectivity index (χ1v) is 7.83. The van der Waals surface area contributed by atoms with Crippen LogP contribution in [0.3, 0.4) is 0 Å². The monoisotopic (exact) mass is 306 g/mol. The van der Waals surface area contributed by atoms with Crippen LogP contribution in [0.5, 0.6) is 0 Å². The third-order valence-corrected chi connectivity index (χ3v) is 3.95. The highest BCUT2D eigenvalue weighted by Gasteiger charge is 2.16. The van der Waals surface area contributed by atoms with Crippen molar-refractivity contribution in [3.05, 3.63) is 54.6 Å². The fraction of sp³-hybridized carbons (Fsp3) is 0.263. The van der Waals surface area contributed by atoms with Gasteiger partial charge in [-0.1, -0.05) is 48.5 Å². The molecule has 0 aliphatic rings. The van der Waals surface area contributed by atoms with E-state index in [-0.39, 0.29) is 0 Å². The zero-order valence-corrected chi connectivity index (χ0v) is 13.9. The van der Waals surface area contributed by atoms with Gasteiger partial charge >= 0.3 is 0 Å². The van der Waals surface area contributed by atoms with Crippen molar-refractivity contribution in [2.75, 3.05) is 39.1 Å². The number of likely N-dealkylation sites (N-methyl/N-ethyl adjacent to an activating group) is 2. The number of hydrogen-bond acceptors (Lipinski definition) is 4. The minimum absolute atomic E-state index is 0.930. The maximum atomic E-state index is 4.52. The van der Waals surface area contributed by atoms with Crippen molar-refractivity contribution in [3.63, 3.8) is 0 Å². The highest BCUT2D eigenvalue weighted by Crippen LogP contribution is 2.33. The summed E-state index contributed by atoms with van der Waals surface area (Å²) in [4.78, 5) is 4.47. The van der Waals surface area contributed by atoms with E-state index in [0.717, 1.165) is 40.9 Å². The van der Waals surface area contributed by atoms with E-state index in [1.54, 1.807) is 0 Å². The van der Waals surface area contributed by atoms with Gasteiger partial charge in [-0.15, -0.1) is 10.2 Å². The quantitative estimate of drug-likeness (QED) is 0.724. The Kier molecular flexibility index (Phi) is 4.53. The van der Waals surface area contributed by atoms with E-state index in [0.29, 0.717) is 0 Å². The van der Waals surface area contributed by atoms with Gasteiger partial charge in [0, 0.05) is 31.1 Å². The van der Waals surface area contributed by atoms with Gasteiger partial charge in [0.15, 0.2) is 0 Å². The molecule has 23 heavy (non-hydrogen) atoms. The molecule has 118 valence electrons. The molecule has 2 aromatic carbocycles. The molecule has 1 heterocycles. The topological polar surface area (TPSA) is 32.3 Å². The van der Waals surface area contributed by atoms with Crippen molar-refractivity contribution >= 4 is 16.6 Å². The largest absolute Gasteiger partial charge is 0.371 e. The van der Waals surface area contributed by atoms with Crippen LogP contribution in [0.25, 0.3) is 22.2 Å². The highest BCUT2D eigenvalue weighted by atomic mass is 15.2. The molecular formula is C19H22N4. The van der Waals surface area contributed by atoms with Crippen molar-refractivity contribution in [1.29, 1.82) is 0 Å². The standard InChI is InChI=1S/C19H22N4/c1-22(2)13-14-23(3)19-16-11-7-8-12-17(16)20-21-18(19)15-9-5-4-6-10-15/h4-12H,13-14H2,1-3H3. The van der Waals surface area contributed by atoms with Gasteiger partial charge in [-0.25, -0.2) is 0 Å². The second-order valence-corrected chi connectivity index (χ2v) is 6.01. The summed E-state index contributed by atoms with van der Waals surface area (Å²) in [6.45, 7) is 1.92. The van der Waals surface area contributed by atoms with Crippen LogP contribution >= 0.6 is 0 Å². The molecule has 0 saturated carbocycles. The Hall–Kier alpha value is -2.46. The van der Waals surface area contributed by atoms with Gasteiger partial charge in [0.25, 0.3) is 0 Å². The minimum Gasteiger partial charge on any atom is -0.371 e. The highest BCUT2D eigenvalue weighted by molar-refractivity contribution is 5.98. The molecule has 0 atom stereocenters. The molecule has 0 fully saturated rings. The maximum Gasteiger partial charge on any atom is 0.117 e. The fourth-order valence-electron chi connectivity index (χ4n) is 2.68. The van der Waals surface area contributed by atoms with Crippen molar-refractivity contribution in [1.82, 2.24) is 15.1 Å². The zero-order valence-electron chi connectivity index (χ0n) is 13.9. The van der Waals surface area contributed by atoms with Gasteiger partial charge in [-0.05, 0) is 20.2 Å². The predicted octanol–water partition coefficient (Wildman–Crippen LogP) is 3.29. The summed E-state index contributed by atoms with van der Waals surface area (Å²) >= 11 is 0. The van der Waals surface area contributed by atoms with Crippen LogP contribution < -0.4 is 4.90 Å². The summed E-state index contributed by atoms with van der Waals surface area (Å²) in [6, 6.07) is 18.5. The molecule has 4 heteroatoms. The molecule has 4 nitrogen and oxygen atoms in total. The summed E-state index contributed by atoms with van der Waals surface area (Å²) < 4.78 is 0. The Morgan fingerprint density at radius 2 is 1.48 bits per heavy atom. The Morgan fingerprint density at radius 3 is 2.22 bits per heavy atom. The molecule has 0 bridgehead atoms. The second kappa shape index (κ2) is 6.75. The lowest BCUT2D eigenvalue weighted by atomic mass is 10.1. The van der Waals surface area contributed by atoms with E-state index >= 15 is 0 Å². The van der Waals surface area contributed by atoms with Crippen molar-refractivity contribution < 1.29 is 0 Å². The van der Waals surface area contributed by atoms with Gasteiger partial charge in [-0.3, -0.25) is 0 Å². The van der Waals surface area contributed by atoms with Crippen LogP contribution in [0, 0.1) is 0 Å². The van der Waals surface area contributed by atoms with Crippen molar-refractivity contribution in [2.24, 2.45) is 0 Å². The van der Waals surface area contributed by atoms with Gasteiger partial charge < -0.3 is 9.80 Å². The van der Waals surface area contributed by atoms with E-state index in [4.69, 9.17) is 0 Å². The summed E-state index contributed by atoms with van der Waals surface area (Å²) in [5.74, 6) is 0. The molecule has 3 rings (SSSR count). The summed E-state index contributed by atoms with van der Waals surface area (Å²) in [5.41, 5.74) is 4.10. The Bertz CT molecular complexity index is 784. The van der Waals surface area contributed by atoms with Crippen LogP contribution in [0.2, 0.25) is 0 Å². The smallest absolute Gasteiger partial charge is 0.117 e. The summed E-state index contributed by atoms with van der Waals surface area (Å²) in [7, 11) is 6.31. The average Bonchev–Trinajstić information content (AvgIpc) is 2.59. The third kappa shape index (κ3) is 3.32. The van der Waals surface area contributed by atoms with Gasteiger partial charge in [0.05, 0.1) is 11.2 Å². The Morgan fingerprint density at radius 1 is 0.783 bits per heavy atom. The number of fused-ring (bicyclic) bond motifs is 1. The Labute approximate surface area is 137 Å². The molecule has 0 N–H and O–H groups in total. The van der Waals surface area contributed by atoms with Crippen LogP contribution in [0.4, 0.5) is 5.69 Å². The normalized spacial score (nSPS) is 11.1. The van der Waals surface area contributed by atoms with Crippen molar-refractivity contribution in [3.8, 4) is 11.3 Å². The van der Waals surface area contributed by atoms with Gasteiger partial charge in [0.2, 0.25) is 0 Å². The lowest BCUT2D eigenvalue weighted by molar-refractivity contribution is 0.416. The SMILES string of the molecule is CN(C)CCN(C)c1c(-c2ccccc2)nnc2ccccc12. The first-order valence-electron chi connectivity index (χ1n) is 7.83. The minimum atomic E-state index is 0.930. The van der Waals surface area contributed by atoms with Crippen molar-refractivity contribution in [2.45, 2.75) is 0 Å². The number of rotatable bonds is 5. The molecule has 3 aromatic rings. The van der Waals surface area contributed by atoms with E-state index in [2.05, 4.69) is 65.4 Å². The van der Waals surface area contributed by atoms with Crippen LogP contribution in [0.15, 0.2) is 54.6 Å². The van der Waals surface area contributed by atoms with Crippen LogP contribution in [0.1, 0.15) is 0 Å². The lowest BCUT2D eigenvalue weighted by Crippen LogP contribution is -2.29. The summed E-state index contributed by atoms with van der Waals surface area (Å²) in [6.07, 6.45) is 0. The van der Waals surface area contributed by atoms with E-state index in [9.17, 15) is 0 Å². The molecule has 0 saturated heterocycles. The molecule has 0 unspecified atom stereocenters. The fourth-order valence-corrected chi connectivity index (χ4v) is 2.68. The van der Waals surface area contributed by atoms with Gasteiger partial charge in [0.1, 0.15) is 5.69 Å². The van der Waals surface area contributed by atoms with E-state index in [1.807, 2.05) is 30.3 Å². The molecule has 1 aromatic heterocycles. The molecule has 0 aliphatic heterocycles. The van der Waals surface area contributed by atoms with Crippen LogP contribution in [-0.4, -0.2) is 49.3 Å². The number of nitrogens with zero attached hydrogens (tertiary/aromatic N) is 4. The van der Waals surface area contributed by atoms with E-state index < -0.39 is 0 Å². The number of anilines is 1. The lowest BCUT2D eigenvalue weighted by Gasteiger charge is -2.25. The first-order chi connectivity index (χ1) is 11.2. The molecule has 0 amide bonds. The maximum absolute atomic E-state index is 4.52. The van der Waals surface area contributed by atoms with Crippen LogP contribution in [-0.2, 0) is 0 Å². The molecule has 0 aliphatic carbocycles. The number of benzene rings is 2. The molecule has 0 spiro atoms. The molecular weight excluding hydrogens is 284 g/mol. The second-order valence-electron chi connectivity index (χ2n) is 6.01. The Balaban J connectivity index is 2.14.